The summed E-state index contributed by atoms with van der Waals surface area (Å²) < 4.78 is 7.39. The van der Waals surface area contributed by atoms with E-state index in [1.807, 2.05) is 18.5 Å². The van der Waals surface area contributed by atoms with Gasteiger partial charge >= 0.3 is 0 Å². The Hall–Kier alpha value is -3.04. The molecule has 9 heteroatoms. The van der Waals surface area contributed by atoms with Gasteiger partial charge in [0.25, 0.3) is 11.1 Å². The number of carbonyl (C=O) groups excluding carboxylic acids is 1. The quantitative estimate of drug-likeness (QED) is 0.490. The van der Waals surface area contributed by atoms with Crippen molar-refractivity contribution < 1.29 is 14.6 Å². The molecule has 5 rings (SSSR count). The topological polar surface area (TPSA) is 91.7 Å². The number of hydrogen-bond acceptors (Lipinski definition) is 8. The molecule has 0 atom stereocenters. The number of piperidine rings is 1. The first kappa shape index (κ1) is 25.6. The van der Waals surface area contributed by atoms with Crippen LogP contribution < -0.4 is 9.64 Å². The van der Waals surface area contributed by atoms with Crippen molar-refractivity contribution in [3.8, 4) is 5.19 Å². The zero-order chi connectivity index (χ0) is 26.0. The molecule has 3 aromatic rings. The van der Waals surface area contributed by atoms with Gasteiger partial charge in [0.2, 0.25) is 5.95 Å². The molecule has 2 aliphatic rings. The lowest BCUT2D eigenvalue weighted by Gasteiger charge is -2.31. The van der Waals surface area contributed by atoms with Crippen LogP contribution in [0.15, 0.2) is 36.7 Å². The van der Waals surface area contributed by atoms with Crippen LogP contribution in [0.25, 0.3) is 15.8 Å². The van der Waals surface area contributed by atoms with Crippen LogP contribution in [0.4, 0.5) is 5.95 Å². The van der Waals surface area contributed by atoms with Crippen molar-refractivity contribution in [2.24, 2.45) is 0 Å². The molecule has 1 N–H and O–H groups in total. The SMILES string of the molecule is CCCc1cnc(N2CCC(Oc3nc4ccc(C5=CCN(C(=O)C(C)(C)O)CC5)cc4s3)CC2)nc1. The number of benzene rings is 1. The zero-order valence-electron chi connectivity index (χ0n) is 21.8. The van der Waals surface area contributed by atoms with E-state index in [0.29, 0.717) is 18.3 Å². The van der Waals surface area contributed by atoms with E-state index in [9.17, 15) is 9.90 Å². The first-order valence-corrected chi connectivity index (χ1v) is 14.0. The van der Waals surface area contributed by atoms with E-state index in [0.717, 1.165) is 66.9 Å². The Morgan fingerprint density at radius 3 is 2.59 bits per heavy atom. The molecule has 8 nitrogen and oxygen atoms in total. The highest BCUT2D eigenvalue weighted by molar-refractivity contribution is 7.20. The van der Waals surface area contributed by atoms with Gasteiger partial charge < -0.3 is 19.6 Å². The predicted molar refractivity (Wildman–Crippen MR) is 147 cm³/mol. The standard InChI is InChI=1S/C28H35N5O3S/c1-4-5-19-17-29-26(30-18-19)33-14-10-22(11-15-33)36-27-31-23-7-6-21(16-24(23)37-27)20-8-12-32(13-9-20)25(34)28(2,3)35/h6-8,16-18,22,35H,4-5,9-15H2,1-3H3. The fraction of sp³-hybridized carbons (Fsp3) is 0.500. The molecule has 4 heterocycles. The maximum Gasteiger partial charge on any atom is 0.274 e. The smallest absolute Gasteiger partial charge is 0.274 e. The number of amides is 1. The number of ether oxygens (including phenoxy) is 1. The number of aryl methyl sites for hydroxylation is 1. The maximum absolute atomic E-state index is 12.3. The van der Waals surface area contributed by atoms with Crippen LogP contribution in [0.1, 0.15) is 57.6 Å². The summed E-state index contributed by atoms with van der Waals surface area (Å²) in [5, 5.41) is 10.7. The highest BCUT2D eigenvalue weighted by Gasteiger charge is 2.30. The summed E-state index contributed by atoms with van der Waals surface area (Å²) in [6.07, 6.45) is 10.8. The van der Waals surface area contributed by atoms with Crippen LogP contribution in [0.3, 0.4) is 0 Å². The Kier molecular flexibility index (Phi) is 7.44. The molecule has 2 aliphatic heterocycles. The number of anilines is 1. The van der Waals surface area contributed by atoms with Crippen molar-refractivity contribution in [2.45, 2.75) is 64.6 Å². The summed E-state index contributed by atoms with van der Waals surface area (Å²) in [5.74, 6) is 0.570. The lowest BCUT2D eigenvalue weighted by atomic mass is 9.98. The Morgan fingerprint density at radius 2 is 1.95 bits per heavy atom. The van der Waals surface area contributed by atoms with Crippen LogP contribution in [0.2, 0.25) is 0 Å². The lowest BCUT2D eigenvalue weighted by molar-refractivity contribution is -0.147. The summed E-state index contributed by atoms with van der Waals surface area (Å²) in [5.41, 5.74) is 3.15. The normalized spacial score (nSPS) is 17.2. The minimum atomic E-state index is -1.34. The molecule has 0 saturated carbocycles. The first-order valence-electron chi connectivity index (χ1n) is 13.1. The number of aromatic nitrogens is 3. The molecule has 0 aliphatic carbocycles. The van der Waals surface area contributed by atoms with Gasteiger partial charge in [0.1, 0.15) is 11.7 Å². The fourth-order valence-corrected chi connectivity index (χ4v) is 5.82. The molecule has 0 unspecified atom stereocenters. The van der Waals surface area contributed by atoms with Crippen LogP contribution in [0, 0.1) is 0 Å². The van der Waals surface area contributed by atoms with Gasteiger partial charge in [-0.05, 0) is 55.5 Å². The Labute approximate surface area is 222 Å². The molecule has 0 bridgehead atoms. The van der Waals surface area contributed by atoms with Crippen LogP contribution in [0.5, 0.6) is 5.19 Å². The highest BCUT2D eigenvalue weighted by Crippen LogP contribution is 2.33. The second kappa shape index (κ2) is 10.8. The van der Waals surface area contributed by atoms with Gasteiger partial charge in [-0.15, -0.1) is 0 Å². The van der Waals surface area contributed by atoms with E-state index in [-0.39, 0.29) is 12.0 Å². The van der Waals surface area contributed by atoms with Crippen molar-refractivity contribution in [1.29, 1.82) is 0 Å². The molecule has 1 amide bonds. The van der Waals surface area contributed by atoms with Gasteiger partial charge in [-0.2, -0.15) is 0 Å². The summed E-state index contributed by atoms with van der Waals surface area (Å²) >= 11 is 1.58. The number of hydrogen-bond donors (Lipinski definition) is 1. The second-order valence-corrected chi connectivity index (χ2v) is 11.4. The second-order valence-electron chi connectivity index (χ2n) is 10.4. The summed E-state index contributed by atoms with van der Waals surface area (Å²) in [6.45, 7) is 8.10. The third kappa shape index (κ3) is 5.93. The fourth-order valence-electron chi connectivity index (χ4n) is 4.90. The zero-order valence-corrected chi connectivity index (χ0v) is 22.6. The third-order valence-corrected chi connectivity index (χ3v) is 7.89. The molecule has 37 heavy (non-hydrogen) atoms. The molecule has 0 spiro atoms. The first-order chi connectivity index (χ1) is 17.8. The predicted octanol–water partition coefficient (Wildman–Crippen LogP) is 4.47. The number of rotatable bonds is 7. The Bertz CT molecular complexity index is 1270. The van der Waals surface area contributed by atoms with Gasteiger partial charge in [0.05, 0.1) is 10.2 Å². The number of carbonyl (C=O) groups is 1. The summed E-state index contributed by atoms with van der Waals surface area (Å²) in [6, 6.07) is 6.31. The number of nitrogens with zero attached hydrogens (tertiary/aromatic N) is 5. The van der Waals surface area contributed by atoms with E-state index in [1.54, 1.807) is 16.2 Å². The largest absolute Gasteiger partial charge is 0.467 e. The van der Waals surface area contributed by atoms with E-state index in [1.165, 1.54) is 25.0 Å². The number of thiazole rings is 1. The van der Waals surface area contributed by atoms with E-state index >= 15 is 0 Å². The van der Waals surface area contributed by atoms with E-state index < -0.39 is 5.60 Å². The van der Waals surface area contributed by atoms with Gasteiger partial charge in [0, 0.05) is 51.4 Å². The number of aliphatic hydroxyl groups is 1. The maximum atomic E-state index is 12.3. The van der Waals surface area contributed by atoms with Gasteiger partial charge in [-0.3, -0.25) is 4.79 Å². The van der Waals surface area contributed by atoms with Gasteiger partial charge in [0.15, 0.2) is 0 Å². The Morgan fingerprint density at radius 1 is 1.19 bits per heavy atom. The van der Waals surface area contributed by atoms with Crippen LogP contribution in [-0.4, -0.2) is 68.7 Å². The molecule has 1 saturated heterocycles. The number of fused-ring (bicyclic) bond motifs is 1. The van der Waals surface area contributed by atoms with Crippen molar-refractivity contribution in [3.63, 3.8) is 0 Å². The molecular formula is C28H35N5O3S. The lowest BCUT2D eigenvalue weighted by Crippen LogP contribution is -2.46. The highest BCUT2D eigenvalue weighted by atomic mass is 32.1. The molecule has 0 radical (unpaired) electrons. The minimum Gasteiger partial charge on any atom is -0.467 e. The summed E-state index contributed by atoms with van der Waals surface area (Å²) in [7, 11) is 0. The minimum absolute atomic E-state index is 0.135. The van der Waals surface area contributed by atoms with Crippen molar-refractivity contribution >= 4 is 39.0 Å². The molecule has 196 valence electrons. The monoisotopic (exact) mass is 521 g/mol. The average molecular weight is 522 g/mol. The van der Waals surface area contributed by atoms with Crippen LogP contribution >= 0.6 is 11.3 Å². The van der Waals surface area contributed by atoms with Gasteiger partial charge in [-0.1, -0.05) is 36.8 Å². The Balaban J connectivity index is 1.18. The summed E-state index contributed by atoms with van der Waals surface area (Å²) in [4.78, 5) is 30.1. The molecular weight excluding hydrogens is 486 g/mol. The van der Waals surface area contributed by atoms with Crippen LogP contribution in [-0.2, 0) is 11.2 Å². The molecule has 1 fully saturated rings. The average Bonchev–Trinajstić information content (AvgIpc) is 3.30. The van der Waals surface area contributed by atoms with Gasteiger partial charge in [-0.25, -0.2) is 15.0 Å². The van der Waals surface area contributed by atoms with Crippen molar-refractivity contribution in [1.82, 2.24) is 19.9 Å². The third-order valence-electron chi connectivity index (χ3n) is 6.98. The van der Waals surface area contributed by atoms with E-state index in [4.69, 9.17) is 9.72 Å². The van der Waals surface area contributed by atoms with Crippen molar-refractivity contribution in [3.05, 3.63) is 47.8 Å². The molecule has 1 aromatic carbocycles. The van der Waals surface area contributed by atoms with E-state index in [2.05, 4.69) is 40.0 Å². The van der Waals surface area contributed by atoms with Crippen molar-refractivity contribution in [2.75, 3.05) is 31.1 Å². The molecule has 2 aromatic heterocycles.